The fourth-order valence-electron chi connectivity index (χ4n) is 3.24. The number of aliphatic hydroxyl groups excluding tert-OH is 1. The molecule has 3 rings (SSSR count). The Morgan fingerprint density at radius 2 is 1.24 bits per heavy atom. The fraction of sp³-hybridized carbons (Fsp3) is 0.280. The van der Waals surface area contributed by atoms with E-state index in [1.807, 2.05) is 42.5 Å². The average molecular weight is 392 g/mol. The number of aliphatic hydroxyl groups is 1. The summed E-state index contributed by atoms with van der Waals surface area (Å²) in [7, 11) is 0. The van der Waals surface area contributed by atoms with Crippen molar-refractivity contribution in [1.29, 1.82) is 0 Å². The Hall–Kier alpha value is -2.66. The van der Waals surface area contributed by atoms with E-state index in [-0.39, 0.29) is 12.7 Å². The SMILES string of the molecule is OCCOC(COc1ccccc1)CN(Cc1ccccc1)Cc1ccccc1. The molecule has 0 bridgehead atoms. The van der Waals surface area contributed by atoms with Gasteiger partial charge in [-0.05, 0) is 23.3 Å². The first-order valence-electron chi connectivity index (χ1n) is 10.0. The monoisotopic (exact) mass is 391 g/mol. The minimum absolute atomic E-state index is 0.000786. The Morgan fingerprint density at radius 3 is 1.76 bits per heavy atom. The van der Waals surface area contributed by atoms with Gasteiger partial charge in [0.15, 0.2) is 0 Å². The lowest BCUT2D eigenvalue weighted by Crippen LogP contribution is -2.37. The third-order valence-corrected chi connectivity index (χ3v) is 4.58. The first-order chi connectivity index (χ1) is 14.3. The standard InChI is InChI=1S/C25H29NO3/c27-16-17-28-25(21-29-24-14-8-3-9-15-24)20-26(18-22-10-4-1-5-11-22)19-23-12-6-2-7-13-23/h1-15,25,27H,16-21H2. The van der Waals surface area contributed by atoms with Gasteiger partial charge >= 0.3 is 0 Å². The van der Waals surface area contributed by atoms with E-state index in [0.717, 1.165) is 18.8 Å². The molecular weight excluding hydrogens is 362 g/mol. The number of hydrogen-bond donors (Lipinski definition) is 1. The number of nitrogens with zero attached hydrogens (tertiary/aromatic N) is 1. The molecule has 1 atom stereocenters. The molecule has 29 heavy (non-hydrogen) atoms. The van der Waals surface area contributed by atoms with Crippen molar-refractivity contribution in [3.63, 3.8) is 0 Å². The number of ether oxygens (including phenoxy) is 2. The minimum Gasteiger partial charge on any atom is -0.491 e. The van der Waals surface area contributed by atoms with E-state index in [2.05, 4.69) is 53.4 Å². The molecule has 0 heterocycles. The molecule has 0 saturated heterocycles. The predicted molar refractivity (Wildman–Crippen MR) is 116 cm³/mol. The number of para-hydroxylation sites is 1. The van der Waals surface area contributed by atoms with Crippen LogP contribution in [0.4, 0.5) is 0 Å². The molecule has 0 fully saturated rings. The molecule has 0 amide bonds. The van der Waals surface area contributed by atoms with Gasteiger partial charge in [0.2, 0.25) is 0 Å². The second kappa shape index (κ2) is 12.0. The zero-order valence-corrected chi connectivity index (χ0v) is 16.7. The first-order valence-corrected chi connectivity index (χ1v) is 10.0. The molecule has 0 aliphatic carbocycles. The van der Waals surface area contributed by atoms with E-state index in [9.17, 15) is 5.11 Å². The summed E-state index contributed by atoms with van der Waals surface area (Å²) in [5.74, 6) is 0.822. The maximum Gasteiger partial charge on any atom is 0.119 e. The fourth-order valence-corrected chi connectivity index (χ4v) is 3.24. The summed E-state index contributed by atoms with van der Waals surface area (Å²) >= 11 is 0. The second-order valence-electron chi connectivity index (χ2n) is 6.98. The van der Waals surface area contributed by atoms with Crippen molar-refractivity contribution < 1.29 is 14.6 Å². The number of rotatable bonds is 12. The molecule has 152 valence electrons. The van der Waals surface area contributed by atoms with Gasteiger partial charge in [-0.15, -0.1) is 0 Å². The largest absolute Gasteiger partial charge is 0.491 e. The van der Waals surface area contributed by atoms with Crippen LogP contribution in [-0.2, 0) is 17.8 Å². The lowest BCUT2D eigenvalue weighted by atomic mass is 10.1. The van der Waals surface area contributed by atoms with Gasteiger partial charge < -0.3 is 14.6 Å². The van der Waals surface area contributed by atoms with Gasteiger partial charge in [-0.2, -0.15) is 0 Å². The lowest BCUT2D eigenvalue weighted by molar-refractivity contribution is -0.0184. The van der Waals surface area contributed by atoms with Crippen LogP contribution in [-0.4, -0.2) is 42.5 Å². The van der Waals surface area contributed by atoms with Gasteiger partial charge in [-0.25, -0.2) is 0 Å². The molecule has 1 unspecified atom stereocenters. The van der Waals surface area contributed by atoms with Crippen molar-refractivity contribution in [2.45, 2.75) is 19.2 Å². The molecule has 0 spiro atoms. The Morgan fingerprint density at radius 1 is 0.724 bits per heavy atom. The van der Waals surface area contributed by atoms with Gasteiger partial charge in [0.1, 0.15) is 18.5 Å². The highest BCUT2D eigenvalue weighted by Gasteiger charge is 2.17. The maximum atomic E-state index is 9.23. The van der Waals surface area contributed by atoms with Crippen LogP contribution in [0.5, 0.6) is 5.75 Å². The molecule has 3 aromatic rings. The predicted octanol–water partition coefficient (Wildman–Crippen LogP) is 4.15. The van der Waals surface area contributed by atoms with Crippen LogP contribution >= 0.6 is 0 Å². The van der Waals surface area contributed by atoms with E-state index in [0.29, 0.717) is 19.8 Å². The molecule has 0 aromatic heterocycles. The van der Waals surface area contributed by atoms with Gasteiger partial charge in [0, 0.05) is 19.6 Å². The lowest BCUT2D eigenvalue weighted by Gasteiger charge is -2.28. The molecule has 0 aliphatic heterocycles. The highest BCUT2D eigenvalue weighted by Crippen LogP contribution is 2.14. The van der Waals surface area contributed by atoms with E-state index in [4.69, 9.17) is 9.47 Å². The summed E-state index contributed by atoms with van der Waals surface area (Å²) in [4.78, 5) is 2.36. The van der Waals surface area contributed by atoms with Crippen molar-refractivity contribution in [2.75, 3.05) is 26.4 Å². The minimum atomic E-state index is -0.144. The van der Waals surface area contributed by atoms with E-state index in [1.165, 1.54) is 11.1 Å². The number of hydrogen-bond acceptors (Lipinski definition) is 4. The Labute approximate surface area is 173 Å². The van der Waals surface area contributed by atoms with Crippen molar-refractivity contribution in [3.8, 4) is 5.75 Å². The van der Waals surface area contributed by atoms with Gasteiger partial charge in [-0.3, -0.25) is 4.90 Å². The average Bonchev–Trinajstić information content (AvgIpc) is 2.77. The molecular formula is C25H29NO3. The zero-order valence-electron chi connectivity index (χ0n) is 16.7. The molecule has 0 aliphatic rings. The summed E-state index contributed by atoms with van der Waals surface area (Å²) in [6.45, 7) is 3.08. The quantitative estimate of drug-likeness (QED) is 0.504. The van der Waals surface area contributed by atoms with Crippen LogP contribution in [0, 0.1) is 0 Å². The molecule has 0 saturated carbocycles. The van der Waals surface area contributed by atoms with Gasteiger partial charge in [0.05, 0.1) is 13.2 Å². The maximum absolute atomic E-state index is 9.23. The van der Waals surface area contributed by atoms with Crippen LogP contribution < -0.4 is 4.74 Å². The summed E-state index contributed by atoms with van der Waals surface area (Å²) in [5, 5.41) is 9.23. The van der Waals surface area contributed by atoms with E-state index >= 15 is 0 Å². The molecule has 4 heteroatoms. The van der Waals surface area contributed by atoms with Crippen LogP contribution in [0.25, 0.3) is 0 Å². The van der Waals surface area contributed by atoms with Gasteiger partial charge in [0.25, 0.3) is 0 Å². The van der Waals surface area contributed by atoms with Crippen molar-refractivity contribution in [2.24, 2.45) is 0 Å². The summed E-state index contributed by atoms with van der Waals surface area (Å²) in [6, 6.07) is 30.6. The van der Waals surface area contributed by atoms with Crippen LogP contribution in [0.1, 0.15) is 11.1 Å². The van der Waals surface area contributed by atoms with Crippen LogP contribution in [0.3, 0.4) is 0 Å². The smallest absolute Gasteiger partial charge is 0.119 e. The second-order valence-corrected chi connectivity index (χ2v) is 6.98. The third-order valence-electron chi connectivity index (χ3n) is 4.58. The molecule has 3 aromatic carbocycles. The topological polar surface area (TPSA) is 41.9 Å². The highest BCUT2D eigenvalue weighted by atomic mass is 16.5. The normalized spacial score (nSPS) is 12.1. The van der Waals surface area contributed by atoms with Crippen molar-refractivity contribution in [1.82, 2.24) is 4.90 Å². The molecule has 4 nitrogen and oxygen atoms in total. The Bertz CT molecular complexity index is 755. The van der Waals surface area contributed by atoms with E-state index in [1.54, 1.807) is 0 Å². The Balaban J connectivity index is 1.68. The zero-order chi connectivity index (χ0) is 20.2. The van der Waals surface area contributed by atoms with Crippen molar-refractivity contribution >= 4 is 0 Å². The Kier molecular flexibility index (Phi) is 8.73. The van der Waals surface area contributed by atoms with Crippen LogP contribution in [0.2, 0.25) is 0 Å². The summed E-state index contributed by atoms with van der Waals surface area (Å²) in [6.07, 6.45) is -0.144. The van der Waals surface area contributed by atoms with E-state index < -0.39 is 0 Å². The van der Waals surface area contributed by atoms with Gasteiger partial charge in [-0.1, -0.05) is 78.9 Å². The molecule has 1 N–H and O–H groups in total. The summed E-state index contributed by atoms with van der Waals surface area (Å²) in [5.41, 5.74) is 2.52. The highest BCUT2D eigenvalue weighted by molar-refractivity contribution is 5.21. The first kappa shape index (κ1) is 21.1. The molecule has 0 radical (unpaired) electrons. The third kappa shape index (κ3) is 7.70. The summed E-state index contributed by atoms with van der Waals surface area (Å²) < 4.78 is 11.8. The van der Waals surface area contributed by atoms with Crippen molar-refractivity contribution in [3.05, 3.63) is 102 Å². The van der Waals surface area contributed by atoms with Crippen LogP contribution in [0.15, 0.2) is 91.0 Å². The number of benzene rings is 3.